The van der Waals surface area contributed by atoms with Crippen molar-refractivity contribution in [3.63, 3.8) is 0 Å². The fourth-order valence-corrected chi connectivity index (χ4v) is 3.24. The standard InChI is InChI=1S/C18H25N5O2/c1-11-9-14(25-13-5-7-23(8-6-13)12(2)19)10-15-18(11)22-17(21-15)4-3-16(20)24/h9-10,13,19H,3-8H2,1-2H3,(H2,20,24)(H,21,22). The largest absolute Gasteiger partial charge is 0.490 e. The van der Waals surface area contributed by atoms with Crippen molar-refractivity contribution < 1.29 is 9.53 Å². The van der Waals surface area contributed by atoms with Crippen molar-refractivity contribution in [3.05, 3.63) is 23.5 Å². The summed E-state index contributed by atoms with van der Waals surface area (Å²) in [5.74, 6) is 1.90. The molecule has 0 radical (unpaired) electrons. The fraction of sp³-hybridized carbons (Fsp3) is 0.500. The van der Waals surface area contributed by atoms with Crippen LogP contribution in [-0.2, 0) is 11.2 Å². The lowest BCUT2D eigenvalue weighted by atomic mass is 10.1. The molecule has 0 atom stereocenters. The zero-order valence-electron chi connectivity index (χ0n) is 14.8. The molecule has 1 saturated heterocycles. The molecule has 7 heteroatoms. The van der Waals surface area contributed by atoms with Crippen molar-refractivity contribution in [2.75, 3.05) is 13.1 Å². The van der Waals surface area contributed by atoms with Crippen LogP contribution in [0.3, 0.4) is 0 Å². The first-order valence-corrected chi connectivity index (χ1v) is 8.66. The van der Waals surface area contributed by atoms with Crippen molar-refractivity contribution in [1.82, 2.24) is 14.9 Å². The number of nitrogens with one attached hydrogen (secondary N) is 2. The van der Waals surface area contributed by atoms with E-state index in [1.165, 1.54) is 0 Å². The van der Waals surface area contributed by atoms with E-state index >= 15 is 0 Å². The predicted octanol–water partition coefficient (Wildman–Crippen LogP) is 2.13. The third-order valence-electron chi connectivity index (χ3n) is 4.63. The highest BCUT2D eigenvalue weighted by atomic mass is 16.5. The van der Waals surface area contributed by atoms with Crippen LogP contribution in [0.4, 0.5) is 0 Å². The first-order chi connectivity index (χ1) is 11.9. The molecule has 1 aromatic heterocycles. The number of benzene rings is 1. The molecule has 0 unspecified atom stereocenters. The molecular formula is C18H25N5O2. The number of aromatic nitrogens is 2. The van der Waals surface area contributed by atoms with E-state index in [-0.39, 0.29) is 18.4 Å². The van der Waals surface area contributed by atoms with Crippen molar-refractivity contribution in [1.29, 1.82) is 5.41 Å². The van der Waals surface area contributed by atoms with E-state index in [2.05, 4.69) is 14.9 Å². The highest BCUT2D eigenvalue weighted by Crippen LogP contribution is 2.26. The average molecular weight is 343 g/mol. The molecule has 0 bridgehead atoms. The number of carbonyl (C=O) groups is 1. The zero-order chi connectivity index (χ0) is 18.0. The van der Waals surface area contributed by atoms with Crippen molar-refractivity contribution in [3.8, 4) is 5.75 Å². The summed E-state index contributed by atoms with van der Waals surface area (Å²) in [6, 6.07) is 3.98. The molecule has 1 aromatic carbocycles. The Hall–Kier alpha value is -2.57. The monoisotopic (exact) mass is 343 g/mol. The molecule has 0 saturated carbocycles. The summed E-state index contributed by atoms with van der Waals surface area (Å²) < 4.78 is 6.16. The van der Waals surface area contributed by atoms with E-state index in [4.69, 9.17) is 15.9 Å². The summed E-state index contributed by atoms with van der Waals surface area (Å²) in [5, 5.41) is 7.70. The minimum absolute atomic E-state index is 0.171. The summed E-state index contributed by atoms with van der Waals surface area (Å²) >= 11 is 0. The third kappa shape index (κ3) is 4.10. The summed E-state index contributed by atoms with van der Waals surface area (Å²) in [5.41, 5.74) is 8.07. The van der Waals surface area contributed by atoms with Crippen LogP contribution in [0.25, 0.3) is 11.0 Å². The number of H-pyrrole nitrogens is 1. The Labute approximate surface area is 147 Å². The Kier molecular flexibility index (Phi) is 4.92. The van der Waals surface area contributed by atoms with Crippen LogP contribution in [-0.4, -0.2) is 45.8 Å². The van der Waals surface area contributed by atoms with Gasteiger partial charge in [0.25, 0.3) is 0 Å². The molecule has 0 spiro atoms. The lowest BCUT2D eigenvalue weighted by Crippen LogP contribution is -2.40. The van der Waals surface area contributed by atoms with Crippen LogP contribution >= 0.6 is 0 Å². The molecule has 1 amide bonds. The van der Waals surface area contributed by atoms with Gasteiger partial charge in [-0.3, -0.25) is 10.2 Å². The summed E-state index contributed by atoms with van der Waals surface area (Å²) in [6.45, 7) is 5.56. The van der Waals surface area contributed by atoms with Gasteiger partial charge in [0.2, 0.25) is 5.91 Å². The number of rotatable bonds is 5. The van der Waals surface area contributed by atoms with E-state index in [1.807, 2.05) is 26.0 Å². The SMILES string of the molecule is CC(=N)N1CCC(Oc2cc(C)c3nc(CCC(N)=O)[nH]c3c2)CC1. The van der Waals surface area contributed by atoms with Gasteiger partial charge in [-0.2, -0.15) is 0 Å². The molecule has 4 N–H and O–H groups in total. The molecule has 1 fully saturated rings. The number of amides is 1. The second kappa shape index (κ2) is 7.13. The predicted molar refractivity (Wildman–Crippen MR) is 97.0 cm³/mol. The topological polar surface area (TPSA) is 108 Å². The van der Waals surface area contributed by atoms with Gasteiger partial charge in [0.05, 0.1) is 16.9 Å². The number of primary amides is 1. The quantitative estimate of drug-likeness (QED) is 0.571. The Balaban J connectivity index is 1.70. The molecule has 2 heterocycles. The number of fused-ring (bicyclic) bond motifs is 1. The van der Waals surface area contributed by atoms with Gasteiger partial charge in [-0.05, 0) is 25.5 Å². The van der Waals surface area contributed by atoms with Crippen molar-refractivity contribution >= 4 is 22.8 Å². The molecule has 1 aliphatic heterocycles. The first-order valence-electron chi connectivity index (χ1n) is 8.66. The number of carbonyl (C=O) groups excluding carboxylic acids is 1. The van der Waals surface area contributed by atoms with Gasteiger partial charge >= 0.3 is 0 Å². The Morgan fingerprint density at radius 1 is 1.44 bits per heavy atom. The maximum atomic E-state index is 10.9. The lowest BCUT2D eigenvalue weighted by molar-refractivity contribution is -0.118. The molecule has 7 nitrogen and oxygen atoms in total. The third-order valence-corrected chi connectivity index (χ3v) is 4.63. The molecule has 2 aromatic rings. The smallest absolute Gasteiger partial charge is 0.217 e. The lowest BCUT2D eigenvalue weighted by Gasteiger charge is -2.32. The van der Waals surface area contributed by atoms with Gasteiger partial charge in [-0.25, -0.2) is 4.98 Å². The molecule has 25 heavy (non-hydrogen) atoms. The number of aryl methyl sites for hydroxylation is 2. The Morgan fingerprint density at radius 2 is 2.16 bits per heavy atom. The van der Waals surface area contributed by atoms with E-state index < -0.39 is 0 Å². The molecule has 134 valence electrons. The number of piperidine rings is 1. The summed E-state index contributed by atoms with van der Waals surface area (Å²) in [4.78, 5) is 20.8. The number of nitrogens with zero attached hydrogens (tertiary/aromatic N) is 2. The number of aromatic amines is 1. The van der Waals surface area contributed by atoms with Crippen LogP contribution in [0.15, 0.2) is 12.1 Å². The number of likely N-dealkylation sites (tertiary alicyclic amines) is 1. The van der Waals surface area contributed by atoms with Gasteiger partial charge in [0.1, 0.15) is 17.7 Å². The maximum Gasteiger partial charge on any atom is 0.217 e. The average Bonchev–Trinajstić information content (AvgIpc) is 2.97. The van der Waals surface area contributed by atoms with Crippen LogP contribution < -0.4 is 10.5 Å². The van der Waals surface area contributed by atoms with Crippen molar-refractivity contribution in [2.45, 2.75) is 45.6 Å². The normalized spacial score (nSPS) is 15.5. The van der Waals surface area contributed by atoms with Crippen LogP contribution in [0.2, 0.25) is 0 Å². The molecule has 1 aliphatic rings. The fourth-order valence-electron chi connectivity index (χ4n) is 3.24. The van der Waals surface area contributed by atoms with Crippen LogP contribution in [0.1, 0.15) is 37.6 Å². The van der Waals surface area contributed by atoms with E-state index in [0.29, 0.717) is 12.3 Å². The number of imidazole rings is 1. The first kappa shape index (κ1) is 17.3. The second-order valence-corrected chi connectivity index (χ2v) is 6.68. The number of amidine groups is 1. The highest BCUT2D eigenvalue weighted by Gasteiger charge is 2.21. The highest BCUT2D eigenvalue weighted by molar-refractivity contribution is 5.81. The Morgan fingerprint density at radius 3 is 2.80 bits per heavy atom. The van der Waals surface area contributed by atoms with Gasteiger partial charge < -0.3 is 20.4 Å². The number of nitrogens with two attached hydrogens (primary N) is 1. The van der Waals surface area contributed by atoms with E-state index in [9.17, 15) is 4.79 Å². The van der Waals surface area contributed by atoms with Gasteiger partial charge in [0.15, 0.2) is 0 Å². The van der Waals surface area contributed by atoms with Crippen LogP contribution in [0.5, 0.6) is 5.75 Å². The Bertz CT molecular complexity index is 790. The summed E-state index contributed by atoms with van der Waals surface area (Å²) in [6.07, 6.45) is 2.80. The second-order valence-electron chi connectivity index (χ2n) is 6.68. The maximum absolute atomic E-state index is 10.9. The van der Waals surface area contributed by atoms with Gasteiger partial charge in [-0.15, -0.1) is 0 Å². The molecule has 3 rings (SSSR count). The van der Waals surface area contributed by atoms with Crippen molar-refractivity contribution in [2.24, 2.45) is 5.73 Å². The number of ether oxygens (including phenoxy) is 1. The van der Waals surface area contributed by atoms with E-state index in [1.54, 1.807) is 0 Å². The van der Waals surface area contributed by atoms with Gasteiger partial charge in [0, 0.05) is 44.8 Å². The minimum atomic E-state index is -0.326. The zero-order valence-corrected chi connectivity index (χ0v) is 14.8. The number of hydrogen-bond acceptors (Lipinski definition) is 4. The number of hydrogen-bond donors (Lipinski definition) is 3. The summed E-state index contributed by atoms with van der Waals surface area (Å²) in [7, 11) is 0. The minimum Gasteiger partial charge on any atom is -0.490 e. The van der Waals surface area contributed by atoms with Gasteiger partial charge in [-0.1, -0.05) is 0 Å². The van der Waals surface area contributed by atoms with Crippen LogP contribution in [0, 0.1) is 12.3 Å². The molecule has 0 aliphatic carbocycles. The van der Waals surface area contributed by atoms with E-state index in [0.717, 1.165) is 54.1 Å². The molecular weight excluding hydrogens is 318 g/mol.